The van der Waals surface area contributed by atoms with Crippen LogP contribution < -0.4 is 4.90 Å². The first kappa shape index (κ1) is 9.66. The molecule has 0 spiro atoms. The van der Waals surface area contributed by atoms with Crippen molar-refractivity contribution >= 4 is 5.82 Å². The highest BCUT2D eigenvalue weighted by atomic mass is 15.2. The van der Waals surface area contributed by atoms with E-state index in [1.54, 1.807) is 12.4 Å². The largest absolute Gasteiger partial charge is 0.348 e. The van der Waals surface area contributed by atoms with Crippen LogP contribution in [0, 0.1) is 11.3 Å². The van der Waals surface area contributed by atoms with Crippen molar-refractivity contribution < 1.29 is 0 Å². The quantitative estimate of drug-likeness (QED) is 0.691. The molecule has 0 amide bonds. The highest BCUT2D eigenvalue weighted by Crippen LogP contribution is 2.31. The molecule has 1 heterocycles. The zero-order valence-electron chi connectivity index (χ0n) is 8.43. The molecule has 1 aromatic heterocycles. The number of rotatable bonds is 4. The van der Waals surface area contributed by atoms with Gasteiger partial charge in [0.05, 0.1) is 0 Å². The van der Waals surface area contributed by atoms with Crippen LogP contribution in [-0.4, -0.2) is 22.6 Å². The summed E-state index contributed by atoms with van der Waals surface area (Å²) in [4.78, 5) is 10.3. The van der Waals surface area contributed by atoms with Crippen molar-refractivity contribution in [3.05, 3.63) is 30.7 Å². The Morgan fingerprint density at radius 2 is 2.27 bits per heavy atom. The zero-order valence-corrected chi connectivity index (χ0v) is 8.43. The van der Waals surface area contributed by atoms with E-state index in [-0.39, 0.29) is 0 Å². The smallest absolute Gasteiger partial charge is 0.183 e. The molecule has 0 atom stereocenters. The van der Waals surface area contributed by atoms with Gasteiger partial charge in [-0.3, -0.25) is 0 Å². The fourth-order valence-electron chi connectivity index (χ4n) is 1.55. The molecule has 1 fully saturated rings. The molecule has 15 heavy (non-hydrogen) atoms. The number of hydrogen-bond acceptors (Lipinski definition) is 4. The molecule has 4 heteroatoms. The van der Waals surface area contributed by atoms with Crippen molar-refractivity contribution in [3.63, 3.8) is 0 Å². The Labute approximate surface area is 88.9 Å². The number of nitrogens with zero attached hydrogens (tertiary/aromatic N) is 4. The van der Waals surface area contributed by atoms with Gasteiger partial charge >= 0.3 is 0 Å². The molecule has 0 aromatic carbocycles. The van der Waals surface area contributed by atoms with Crippen LogP contribution in [0.5, 0.6) is 0 Å². The Balaban J connectivity index is 2.32. The molecule has 1 aromatic rings. The Hall–Kier alpha value is -1.89. The van der Waals surface area contributed by atoms with Crippen molar-refractivity contribution in [1.82, 2.24) is 9.97 Å². The van der Waals surface area contributed by atoms with E-state index in [2.05, 4.69) is 27.5 Å². The minimum Gasteiger partial charge on any atom is -0.348 e. The van der Waals surface area contributed by atoms with Gasteiger partial charge in [0.25, 0.3) is 0 Å². The van der Waals surface area contributed by atoms with E-state index in [4.69, 9.17) is 5.26 Å². The van der Waals surface area contributed by atoms with E-state index in [0.717, 1.165) is 19.4 Å². The molecule has 2 rings (SSSR count). The lowest BCUT2D eigenvalue weighted by Crippen LogP contribution is -2.27. The molecule has 0 unspecified atom stereocenters. The molecule has 4 nitrogen and oxygen atoms in total. The summed E-state index contributed by atoms with van der Waals surface area (Å²) in [5.41, 5.74) is 0.395. The average molecular weight is 200 g/mol. The van der Waals surface area contributed by atoms with Gasteiger partial charge in [-0.25, -0.2) is 9.97 Å². The highest BCUT2D eigenvalue weighted by Gasteiger charge is 2.30. The minimum atomic E-state index is 0.395. The Morgan fingerprint density at radius 1 is 1.53 bits per heavy atom. The average Bonchev–Trinajstić information content (AvgIpc) is 3.10. The summed E-state index contributed by atoms with van der Waals surface area (Å²) in [6.45, 7) is 4.44. The summed E-state index contributed by atoms with van der Waals surface area (Å²) in [7, 11) is 0. The number of anilines is 1. The second-order valence-electron chi connectivity index (χ2n) is 3.51. The molecule has 1 saturated carbocycles. The first-order valence-electron chi connectivity index (χ1n) is 4.95. The lowest BCUT2D eigenvalue weighted by molar-refractivity contribution is 0.832. The second kappa shape index (κ2) is 4.09. The van der Waals surface area contributed by atoms with Crippen LogP contribution in [0.4, 0.5) is 5.82 Å². The van der Waals surface area contributed by atoms with E-state index in [9.17, 15) is 0 Å². The van der Waals surface area contributed by atoms with Gasteiger partial charge < -0.3 is 4.90 Å². The molecular formula is C11H12N4. The standard InChI is InChI=1S/C11H12N4/c1-2-7-15(9-3-4-9)11-10(8-12)13-5-6-14-11/h2,5-6,9H,1,3-4,7H2. The summed E-state index contributed by atoms with van der Waals surface area (Å²) >= 11 is 0. The third-order valence-corrected chi connectivity index (χ3v) is 2.37. The predicted octanol–water partition coefficient (Wildman–Crippen LogP) is 1.50. The number of nitriles is 1. The number of hydrogen-bond donors (Lipinski definition) is 0. The van der Waals surface area contributed by atoms with Crippen LogP contribution in [0.2, 0.25) is 0 Å². The van der Waals surface area contributed by atoms with Gasteiger partial charge in [-0.15, -0.1) is 6.58 Å². The maximum absolute atomic E-state index is 8.93. The lowest BCUT2D eigenvalue weighted by atomic mass is 10.3. The Morgan fingerprint density at radius 3 is 2.87 bits per heavy atom. The summed E-state index contributed by atoms with van der Waals surface area (Å²) in [6.07, 6.45) is 7.31. The summed E-state index contributed by atoms with van der Waals surface area (Å²) in [6, 6.07) is 2.57. The predicted molar refractivity (Wildman–Crippen MR) is 57.3 cm³/mol. The maximum atomic E-state index is 8.93. The SMILES string of the molecule is C=CCN(c1nccnc1C#N)C1CC1. The number of aromatic nitrogens is 2. The van der Waals surface area contributed by atoms with Crippen LogP contribution in [0.1, 0.15) is 18.5 Å². The van der Waals surface area contributed by atoms with Crippen LogP contribution in [0.25, 0.3) is 0 Å². The van der Waals surface area contributed by atoms with E-state index in [1.165, 1.54) is 0 Å². The molecule has 0 radical (unpaired) electrons. The molecule has 76 valence electrons. The van der Waals surface area contributed by atoms with E-state index in [1.807, 2.05) is 6.08 Å². The van der Waals surface area contributed by atoms with Gasteiger partial charge in [0.2, 0.25) is 0 Å². The van der Waals surface area contributed by atoms with Gasteiger partial charge in [0, 0.05) is 25.0 Å². The topological polar surface area (TPSA) is 52.8 Å². The third kappa shape index (κ3) is 1.96. The first-order chi connectivity index (χ1) is 7.36. The molecule has 0 bridgehead atoms. The van der Waals surface area contributed by atoms with E-state index in [0.29, 0.717) is 17.6 Å². The lowest BCUT2D eigenvalue weighted by Gasteiger charge is -2.21. The van der Waals surface area contributed by atoms with Crippen LogP contribution in [-0.2, 0) is 0 Å². The van der Waals surface area contributed by atoms with Crippen molar-refractivity contribution in [2.24, 2.45) is 0 Å². The molecule has 0 aliphatic heterocycles. The highest BCUT2D eigenvalue weighted by molar-refractivity contribution is 5.51. The van der Waals surface area contributed by atoms with Gasteiger partial charge in [0.1, 0.15) is 6.07 Å². The summed E-state index contributed by atoms with van der Waals surface area (Å²) in [5.74, 6) is 0.683. The minimum absolute atomic E-state index is 0.395. The summed E-state index contributed by atoms with van der Waals surface area (Å²) < 4.78 is 0. The molecule has 0 N–H and O–H groups in total. The molecular weight excluding hydrogens is 188 g/mol. The Bertz CT molecular complexity index is 403. The van der Waals surface area contributed by atoms with E-state index >= 15 is 0 Å². The van der Waals surface area contributed by atoms with Crippen molar-refractivity contribution in [3.8, 4) is 6.07 Å². The maximum Gasteiger partial charge on any atom is 0.183 e. The van der Waals surface area contributed by atoms with Crippen LogP contribution in [0.3, 0.4) is 0 Å². The van der Waals surface area contributed by atoms with Crippen LogP contribution in [0.15, 0.2) is 25.0 Å². The third-order valence-electron chi connectivity index (χ3n) is 2.37. The van der Waals surface area contributed by atoms with Crippen LogP contribution >= 0.6 is 0 Å². The van der Waals surface area contributed by atoms with Crippen molar-refractivity contribution in [2.45, 2.75) is 18.9 Å². The van der Waals surface area contributed by atoms with E-state index < -0.39 is 0 Å². The Kier molecular flexibility index (Phi) is 2.64. The monoisotopic (exact) mass is 200 g/mol. The molecule has 1 aliphatic carbocycles. The normalized spacial score (nSPS) is 14.3. The second-order valence-corrected chi connectivity index (χ2v) is 3.51. The zero-order chi connectivity index (χ0) is 10.7. The fourth-order valence-corrected chi connectivity index (χ4v) is 1.55. The van der Waals surface area contributed by atoms with Crippen molar-refractivity contribution in [1.29, 1.82) is 5.26 Å². The van der Waals surface area contributed by atoms with Gasteiger partial charge in [-0.05, 0) is 12.8 Å². The van der Waals surface area contributed by atoms with Gasteiger partial charge in [0.15, 0.2) is 11.5 Å². The van der Waals surface area contributed by atoms with Gasteiger partial charge in [-0.1, -0.05) is 6.08 Å². The molecule has 1 aliphatic rings. The fraction of sp³-hybridized carbons (Fsp3) is 0.364. The van der Waals surface area contributed by atoms with Gasteiger partial charge in [-0.2, -0.15) is 5.26 Å². The van der Waals surface area contributed by atoms with Crippen molar-refractivity contribution in [2.75, 3.05) is 11.4 Å². The first-order valence-corrected chi connectivity index (χ1v) is 4.95. The summed E-state index contributed by atoms with van der Waals surface area (Å²) in [5, 5.41) is 8.93. The molecule has 0 saturated heterocycles.